The van der Waals surface area contributed by atoms with E-state index in [-0.39, 0.29) is 10.8 Å². The van der Waals surface area contributed by atoms with Gasteiger partial charge in [0.25, 0.3) is 0 Å². The Morgan fingerprint density at radius 2 is 2.00 bits per heavy atom. The molecule has 0 bridgehead atoms. The van der Waals surface area contributed by atoms with Crippen molar-refractivity contribution >= 4 is 6.29 Å². The fourth-order valence-electron chi connectivity index (χ4n) is 5.39. The molecule has 1 N–H and O–H groups in total. The molecule has 0 amide bonds. The van der Waals surface area contributed by atoms with Crippen molar-refractivity contribution in [3.63, 3.8) is 0 Å². The van der Waals surface area contributed by atoms with Gasteiger partial charge in [0.2, 0.25) is 0 Å². The van der Waals surface area contributed by atoms with Crippen LogP contribution in [-0.4, -0.2) is 11.4 Å². The first kappa shape index (κ1) is 15.6. The number of phenols is 1. The molecule has 3 atom stereocenters. The first-order valence-corrected chi connectivity index (χ1v) is 8.65. The van der Waals surface area contributed by atoms with E-state index in [0.717, 1.165) is 37.7 Å². The molecule has 2 heteroatoms. The highest BCUT2D eigenvalue weighted by Gasteiger charge is 2.53. The monoisotopic (exact) mass is 300 g/mol. The van der Waals surface area contributed by atoms with Gasteiger partial charge < -0.3 is 9.90 Å². The number of aldehydes is 1. The second-order valence-electron chi connectivity index (χ2n) is 8.17. The van der Waals surface area contributed by atoms with Crippen molar-refractivity contribution < 1.29 is 9.90 Å². The van der Waals surface area contributed by atoms with Crippen molar-refractivity contribution in [3.05, 3.63) is 28.8 Å². The van der Waals surface area contributed by atoms with Crippen LogP contribution in [0, 0.1) is 11.3 Å². The zero-order chi connectivity index (χ0) is 16.1. The number of fused-ring (bicyclic) bond motifs is 3. The lowest BCUT2D eigenvalue weighted by molar-refractivity contribution is -0.123. The summed E-state index contributed by atoms with van der Waals surface area (Å²) in [4.78, 5) is 11.8. The molecule has 120 valence electrons. The summed E-state index contributed by atoms with van der Waals surface area (Å²) in [5.74, 6) is 1.24. The molecule has 2 nitrogen and oxygen atoms in total. The number of hydrogen-bond acceptors (Lipinski definition) is 2. The zero-order valence-electron chi connectivity index (χ0n) is 14.3. The molecular formula is C20H28O2. The first-order chi connectivity index (χ1) is 10.3. The van der Waals surface area contributed by atoms with E-state index in [1.807, 2.05) is 6.07 Å². The van der Waals surface area contributed by atoms with E-state index in [9.17, 15) is 9.90 Å². The minimum atomic E-state index is -0.245. The summed E-state index contributed by atoms with van der Waals surface area (Å²) in [5.41, 5.74) is 3.54. The molecule has 0 unspecified atom stereocenters. The molecule has 1 fully saturated rings. The minimum Gasteiger partial charge on any atom is -0.508 e. The van der Waals surface area contributed by atoms with Crippen LogP contribution < -0.4 is 0 Å². The van der Waals surface area contributed by atoms with Crippen molar-refractivity contribution in [2.75, 3.05) is 0 Å². The lowest BCUT2D eigenvalue weighted by atomic mass is 9.49. The van der Waals surface area contributed by atoms with Crippen LogP contribution in [0.25, 0.3) is 0 Å². The summed E-state index contributed by atoms with van der Waals surface area (Å²) in [6.07, 6.45) is 6.35. The van der Waals surface area contributed by atoms with E-state index >= 15 is 0 Å². The van der Waals surface area contributed by atoms with E-state index in [1.54, 1.807) is 0 Å². The Labute approximate surface area is 133 Å². The summed E-state index contributed by atoms with van der Waals surface area (Å²) < 4.78 is 0. The van der Waals surface area contributed by atoms with Crippen molar-refractivity contribution in [1.82, 2.24) is 0 Å². The molecule has 2 aliphatic rings. The fourth-order valence-corrected chi connectivity index (χ4v) is 5.39. The molecule has 0 spiro atoms. The van der Waals surface area contributed by atoms with Crippen molar-refractivity contribution in [3.8, 4) is 5.75 Å². The largest absolute Gasteiger partial charge is 0.508 e. The average molecular weight is 300 g/mol. The second-order valence-corrected chi connectivity index (χ2v) is 8.17. The van der Waals surface area contributed by atoms with E-state index in [2.05, 4.69) is 33.8 Å². The molecule has 1 aromatic rings. The third kappa shape index (κ3) is 2.03. The summed E-state index contributed by atoms with van der Waals surface area (Å²) >= 11 is 0. The number of benzene rings is 1. The topological polar surface area (TPSA) is 37.3 Å². The number of aromatic hydroxyl groups is 1. The lowest BCUT2D eigenvalue weighted by Gasteiger charge is -2.53. The van der Waals surface area contributed by atoms with Crippen molar-refractivity contribution in [1.29, 1.82) is 0 Å². The predicted molar refractivity (Wildman–Crippen MR) is 89.4 cm³/mol. The molecule has 0 radical (unpaired) electrons. The highest BCUT2D eigenvalue weighted by Crippen LogP contribution is 2.58. The van der Waals surface area contributed by atoms with Gasteiger partial charge in [0.1, 0.15) is 12.0 Å². The van der Waals surface area contributed by atoms with Crippen LogP contribution in [0.2, 0.25) is 0 Å². The Morgan fingerprint density at radius 3 is 2.64 bits per heavy atom. The van der Waals surface area contributed by atoms with Crippen LogP contribution in [0.4, 0.5) is 0 Å². The van der Waals surface area contributed by atoms with Gasteiger partial charge in [-0.1, -0.05) is 40.2 Å². The SMILES string of the molecule is CC(C)c1ccc(O)c2c1CC[C@H]1[C@@](C)(C=O)CCC[C@]21C. The van der Waals surface area contributed by atoms with Crippen molar-refractivity contribution in [2.45, 2.75) is 71.1 Å². The van der Waals surface area contributed by atoms with Gasteiger partial charge in [-0.2, -0.15) is 0 Å². The molecule has 0 saturated heterocycles. The molecule has 1 aromatic carbocycles. The molecule has 3 rings (SSSR count). The second kappa shape index (κ2) is 5.11. The van der Waals surface area contributed by atoms with Gasteiger partial charge in [-0.05, 0) is 54.7 Å². The number of hydrogen-bond donors (Lipinski definition) is 1. The molecule has 0 heterocycles. The minimum absolute atomic E-state index is 0.0729. The van der Waals surface area contributed by atoms with Crippen molar-refractivity contribution in [2.24, 2.45) is 11.3 Å². The Balaban J connectivity index is 2.20. The maximum absolute atomic E-state index is 11.8. The molecule has 2 aliphatic carbocycles. The lowest BCUT2D eigenvalue weighted by Crippen LogP contribution is -2.50. The fraction of sp³-hybridized carbons (Fsp3) is 0.650. The average Bonchev–Trinajstić information content (AvgIpc) is 2.46. The Kier molecular flexibility index (Phi) is 3.62. The zero-order valence-corrected chi connectivity index (χ0v) is 14.3. The highest BCUT2D eigenvalue weighted by molar-refractivity contribution is 5.62. The maximum Gasteiger partial charge on any atom is 0.126 e. The molecule has 22 heavy (non-hydrogen) atoms. The summed E-state index contributed by atoms with van der Waals surface area (Å²) in [7, 11) is 0. The van der Waals surface area contributed by atoms with E-state index in [4.69, 9.17) is 0 Å². The highest BCUT2D eigenvalue weighted by atomic mass is 16.3. The van der Waals surface area contributed by atoms with Gasteiger partial charge in [-0.3, -0.25) is 0 Å². The smallest absolute Gasteiger partial charge is 0.126 e. The summed E-state index contributed by atoms with van der Waals surface area (Å²) in [6, 6.07) is 3.96. The summed E-state index contributed by atoms with van der Waals surface area (Å²) in [5, 5.41) is 10.6. The molecule has 0 aromatic heterocycles. The molecule has 1 saturated carbocycles. The first-order valence-electron chi connectivity index (χ1n) is 8.65. The quantitative estimate of drug-likeness (QED) is 0.802. The van der Waals surface area contributed by atoms with Gasteiger partial charge in [0.05, 0.1) is 0 Å². The number of phenolic OH excluding ortho intramolecular Hbond substituents is 1. The third-order valence-electron chi connectivity index (χ3n) is 6.45. The van der Waals surface area contributed by atoms with E-state index < -0.39 is 0 Å². The Bertz CT molecular complexity index is 604. The molecular weight excluding hydrogens is 272 g/mol. The Morgan fingerprint density at radius 1 is 1.27 bits per heavy atom. The molecule has 0 aliphatic heterocycles. The predicted octanol–water partition coefficient (Wildman–Crippen LogP) is 4.72. The van der Waals surface area contributed by atoms with Gasteiger partial charge in [0.15, 0.2) is 0 Å². The number of carbonyl (C=O) groups excluding carboxylic acids is 1. The standard InChI is InChI=1S/C20H28O2/c1-13(2)14-6-8-16(22)18-15(14)7-9-17-19(3,12-21)10-5-11-20(17,18)4/h6,8,12-13,17,22H,5,7,9-11H2,1-4H3/t17-,19+,20-/m0/s1. The van der Waals surface area contributed by atoms with Crippen LogP contribution in [0.5, 0.6) is 5.75 Å². The Hall–Kier alpha value is -1.31. The van der Waals surface area contributed by atoms with E-state index in [1.165, 1.54) is 17.4 Å². The van der Waals surface area contributed by atoms with E-state index in [0.29, 0.717) is 17.6 Å². The van der Waals surface area contributed by atoms with Gasteiger partial charge in [-0.15, -0.1) is 0 Å². The van der Waals surface area contributed by atoms with Crippen LogP contribution in [-0.2, 0) is 16.6 Å². The van der Waals surface area contributed by atoms with Crippen LogP contribution in [0.3, 0.4) is 0 Å². The van der Waals surface area contributed by atoms with Gasteiger partial charge in [0, 0.05) is 16.4 Å². The summed E-state index contributed by atoms with van der Waals surface area (Å²) in [6.45, 7) is 8.84. The van der Waals surface area contributed by atoms with Gasteiger partial charge in [-0.25, -0.2) is 0 Å². The number of carbonyl (C=O) groups is 1. The van der Waals surface area contributed by atoms with Gasteiger partial charge >= 0.3 is 0 Å². The van der Waals surface area contributed by atoms with Crippen LogP contribution in [0.15, 0.2) is 12.1 Å². The third-order valence-corrected chi connectivity index (χ3v) is 6.45. The maximum atomic E-state index is 11.8. The van der Waals surface area contributed by atoms with Crippen LogP contribution in [0.1, 0.15) is 76.0 Å². The van der Waals surface area contributed by atoms with Crippen LogP contribution >= 0.6 is 0 Å². The normalized spacial score (nSPS) is 34.1. The number of rotatable bonds is 2.